The SMILES string of the molecule is CC[C@H](C)[C@H]1O[C@]2(C=C[C@@H]1C)C[C@@H]1C[C@@H](C/C=C(\C)[C@@H](O[C@H]3C[C@H](OC)[C@@H](O[C@H]4C[C@H](OC)[C@@H](O)[C@H](C)O4)[C@H](C)O3)[C@@H](C)/C=C/C=C3\CO[C@@H]4/C(=N\OC(=O)[C@@H]5[C@H](C=C(C)C)C5(C)C)C(C)=C[C@@H](C(=O)O1)[C@]34O)O2. The van der Waals surface area contributed by atoms with E-state index in [1.807, 2.05) is 59.8 Å². The van der Waals surface area contributed by atoms with Gasteiger partial charge < -0.3 is 62.4 Å². The van der Waals surface area contributed by atoms with Crippen molar-refractivity contribution >= 4 is 17.7 Å². The van der Waals surface area contributed by atoms with Crippen LogP contribution in [0.25, 0.3) is 0 Å². The number of allylic oxidation sites excluding steroid dienone is 4. The molecule has 4 saturated heterocycles. The van der Waals surface area contributed by atoms with E-state index in [4.69, 9.17) is 52.2 Å². The van der Waals surface area contributed by atoms with Crippen LogP contribution in [0, 0.1) is 40.9 Å². The number of hydrogen-bond acceptors (Lipinski definition) is 16. The average Bonchev–Trinajstić information content (AvgIpc) is 3.72. The molecule has 1 saturated carbocycles. The lowest BCUT2D eigenvalue weighted by atomic mass is 9.71. The molecule has 5 fully saturated rings. The van der Waals surface area contributed by atoms with Gasteiger partial charge in [0, 0.05) is 51.7 Å². The third-order valence-electron chi connectivity index (χ3n) is 17.3. The maximum Gasteiger partial charge on any atom is 0.339 e. The summed E-state index contributed by atoms with van der Waals surface area (Å²) in [7, 11) is 3.22. The summed E-state index contributed by atoms with van der Waals surface area (Å²) in [6.07, 6.45) is 11.2. The van der Waals surface area contributed by atoms with Gasteiger partial charge in [0.1, 0.15) is 41.6 Å². The standard InChI is InChI=1S/C58H85NO15/c1-15-31(4)51-34(7)21-22-57(73-51)28-40-25-39(72-57)20-19-33(6)50(70-46-27-44(65-14)52(37(10)68-46)71-45-26-43(64-13)49(60)36(9)67-45)32(5)17-16-18-38-29-66-53-48(35(8)24-42(54(61)69-40)58(38,53)63)59-74-55(62)47-41(23-30(2)3)56(47,11)12/h16-19,21-24,31-32,34,36-37,39-47,49-53,60,63H,15,20,25-29H2,1-14H3/b17-16+,33-19+,38-18+,59-48-/t31-,32-,34-,36-,37-,39+,40-,41-,42-,43-,44-,45-,46-,47-,49-,50-,51+,52-,53+,57+,58+/m0/s1. The minimum Gasteiger partial charge on any atom is -0.462 e. The number of rotatable bonds is 11. The highest BCUT2D eigenvalue weighted by atomic mass is 16.7. The fraction of sp³-hybridized carbons (Fsp3) is 0.741. The topological polar surface area (TPSA) is 188 Å². The van der Waals surface area contributed by atoms with Crippen LogP contribution in [-0.2, 0) is 61.8 Å². The number of aliphatic hydroxyl groups is 2. The highest BCUT2D eigenvalue weighted by molar-refractivity contribution is 6.07. The smallest absolute Gasteiger partial charge is 0.339 e. The molecular formula is C58H85NO15. The summed E-state index contributed by atoms with van der Waals surface area (Å²) >= 11 is 0. The third kappa shape index (κ3) is 11.6. The van der Waals surface area contributed by atoms with Crippen molar-refractivity contribution in [2.75, 3.05) is 20.8 Å². The van der Waals surface area contributed by atoms with Crippen molar-refractivity contribution in [3.8, 4) is 0 Å². The second kappa shape index (κ2) is 22.9. The van der Waals surface area contributed by atoms with Crippen molar-refractivity contribution in [1.29, 1.82) is 0 Å². The maximum absolute atomic E-state index is 14.9. The Kier molecular flexibility index (Phi) is 17.6. The molecule has 1 spiro atoms. The lowest BCUT2D eigenvalue weighted by molar-refractivity contribution is -0.318. The van der Waals surface area contributed by atoms with Crippen LogP contribution in [0.3, 0.4) is 0 Å². The van der Waals surface area contributed by atoms with Crippen LogP contribution in [-0.4, -0.2) is 140 Å². The first kappa shape index (κ1) is 56.8. The normalized spacial score (nSPS) is 46.0. The summed E-state index contributed by atoms with van der Waals surface area (Å²) in [4.78, 5) is 34.2. The Morgan fingerprint density at radius 2 is 1.65 bits per heavy atom. The van der Waals surface area contributed by atoms with Gasteiger partial charge in [-0.3, -0.25) is 4.79 Å². The molecule has 74 heavy (non-hydrogen) atoms. The van der Waals surface area contributed by atoms with Crippen LogP contribution < -0.4 is 0 Å². The quantitative estimate of drug-likeness (QED) is 0.0873. The van der Waals surface area contributed by atoms with Crippen molar-refractivity contribution < 1.29 is 72.0 Å². The van der Waals surface area contributed by atoms with E-state index in [1.165, 1.54) is 0 Å². The molecule has 0 amide bonds. The van der Waals surface area contributed by atoms with Crippen LogP contribution in [0.5, 0.6) is 0 Å². The van der Waals surface area contributed by atoms with Gasteiger partial charge in [-0.2, -0.15) is 0 Å². The molecule has 8 aliphatic rings. The molecule has 0 radical (unpaired) electrons. The van der Waals surface area contributed by atoms with E-state index < -0.39 is 103 Å². The van der Waals surface area contributed by atoms with E-state index in [0.717, 1.165) is 17.6 Å². The third-order valence-corrected chi connectivity index (χ3v) is 17.3. The Morgan fingerprint density at radius 3 is 2.35 bits per heavy atom. The van der Waals surface area contributed by atoms with Gasteiger partial charge >= 0.3 is 11.9 Å². The number of carbonyl (C=O) groups excluding carboxylic acids is 2. The fourth-order valence-corrected chi connectivity index (χ4v) is 12.5. The number of methoxy groups -OCH3 is 2. The molecule has 16 nitrogen and oxygen atoms in total. The molecule has 6 heterocycles. The van der Waals surface area contributed by atoms with Crippen molar-refractivity contribution in [2.45, 2.75) is 213 Å². The molecule has 6 aliphatic heterocycles. The number of ether oxygens (including phenoxy) is 10. The zero-order valence-electron chi connectivity index (χ0n) is 46.2. The first-order chi connectivity index (χ1) is 35.0. The summed E-state index contributed by atoms with van der Waals surface area (Å²) in [6.45, 7) is 24.1. The first-order valence-corrected chi connectivity index (χ1v) is 27.2. The number of aliphatic hydroxyl groups excluding tert-OH is 1. The highest BCUT2D eigenvalue weighted by Crippen LogP contribution is 2.60. The summed E-state index contributed by atoms with van der Waals surface area (Å²) in [6, 6.07) is 0. The van der Waals surface area contributed by atoms with Gasteiger partial charge in [0.25, 0.3) is 0 Å². The zero-order chi connectivity index (χ0) is 53.6. The van der Waals surface area contributed by atoms with Crippen molar-refractivity contribution in [2.24, 2.45) is 46.1 Å². The predicted molar refractivity (Wildman–Crippen MR) is 275 cm³/mol. The van der Waals surface area contributed by atoms with Crippen LogP contribution in [0.15, 0.2) is 76.1 Å². The van der Waals surface area contributed by atoms with E-state index in [1.54, 1.807) is 40.2 Å². The summed E-state index contributed by atoms with van der Waals surface area (Å²) in [5.74, 6) is -3.67. The molecule has 0 aromatic rings. The number of esters is 1. The van der Waals surface area contributed by atoms with Gasteiger partial charge in [-0.05, 0) is 88.0 Å². The fourth-order valence-electron chi connectivity index (χ4n) is 12.5. The lowest BCUT2D eigenvalue weighted by Gasteiger charge is -2.48. The number of hydrogen-bond donors (Lipinski definition) is 2. The molecule has 2 N–H and O–H groups in total. The zero-order valence-corrected chi connectivity index (χ0v) is 46.2. The molecular weight excluding hydrogens is 951 g/mol. The Bertz CT molecular complexity index is 2260. The number of carbonyl (C=O) groups is 2. The van der Waals surface area contributed by atoms with E-state index in [2.05, 4.69) is 51.1 Å². The van der Waals surface area contributed by atoms with Gasteiger partial charge in [-0.15, -0.1) is 0 Å². The molecule has 0 unspecified atom stereocenters. The molecule has 8 rings (SSSR count). The second-order valence-corrected chi connectivity index (χ2v) is 23.4. The molecule has 0 aromatic carbocycles. The van der Waals surface area contributed by atoms with Gasteiger partial charge in [0.2, 0.25) is 0 Å². The average molecular weight is 1040 g/mol. The van der Waals surface area contributed by atoms with Crippen LogP contribution in [0.1, 0.15) is 122 Å². The molecule has 412 valence electrons. The summed E-state index contributed by atoms with van der Waals surface area (Å²) in [5.41, 5.74) is 0.998. The van der Waals surface area contributed by atoms with Crippen LogP contribution >= 0.6 is 0 Å². The lowest BCUT2D eigenvalue weighted by Crippen LogP contribution is -2.57. The summed E-state index contributed by atoms with van der Waals surface area (Å²) in [5, 5.41) is 28.1. The van der Waals surface area contributed by atoms with E-state index in [9.17, 15) is 19.8 Å². The predicted octanol–water partition coefficient (Wildman–Crippen LogP) is 8.15. The monoisotopic (exact) mass is 1040 g/mol. The molecule has 0 aromatic heterocycles. The molecule has 2 bridgehead atoms. The minimum absolute atomic E-state index is 0.0130. The molecule has 2 aliphatic carbocycles. The van der Waals surface area contributed by atoms with E-state index in [0.29, 0.717) is 36.8 Å². The largest absolute Gasteiger partial charge is 0.462 e. The number of nitrogens with zero attached hydrogens (tertiary/aromatic N) is 1. The Morgan fingerprint density at radius 1 is 0.946 bits per heavy atom. The van der Waals surface area contributed by atoms with Crippen LogP contribution in [0.2, 0.25) is 0 Å². The Labute approximate surface area is 438 Å². The summed E-state index contributed by atoms with van der Waals surface area (Å²) < 4.78 is 64.6. The Hall–Kier alpha value is -3.39. The van der Waals surface area contributed by atoms with Gasteiger partial charge in [0.15, 0.2) is 18.4 Å². The van der Waals surface area contributed by atoms with Crippen molar-refractivity contribution in [3.05, 3.63) is 70.9 Å². The number of fused-ring (bicyclic) bond motifs is 2. The van der Waals surface area contributed by atoms with Crippen molar-refractivity contribution in [3.63, 3.8) is 0 Å². The molecule has 16 heteroatoms. The van der Waals surface area contributed by atoms with E-state index in [-0.39, 0.29) is 59.8 Å². The van der Waals surface area contributed by atoms with E-state index >= 15 is 0 Å². The molecule has 21 atom stereocenters. The minimum atomic E-state index is -1.95. The van der Waals surface area contributed by atoms with Crippen molar-refractivity contribution in [1.82, 2.24) is 0 Å². The first-order valence-electron chi connectivity index (χ1n) is 27.2. The second-order valence-electron chi connectivity index (χ2n) is 23.4. The highest BCUT2D eigenvalue weighted by Gasteiger charge is 2.63. The van der Waals surface area contributed by atoms with Gasteiger partial charge in [-0.25, -0.2) is 4.79 Å². The number of oxime groups is 1. The van der Waals surface area contributed by atoms with Gasteiger partial charge in [0.05, 0.1) is 55.3 Å². The van der Waals surface area contributed by atoms with Gasteiger partial charge in [-0.1, -0.05) is 101 Å². The van der Waals surface area contributed by atoms with Crippen LogP contribution in [0.4, 0.5) is 0 Å². The Balaban J connectivity index is 1.11. The maximum atomic E-state index is 14.9.